The predicted octanol–water partition coefficient (Wildman–Crippen LogP) is 6.17. The Bertz CT molecular complexity index is 945. The molecule has 0 saturated carbocycles. The van der Waals surface area contributed by atoms with Crippen LogP contribution in [-0.4, -0.2) is 23.3 Å². The second-order valence-corrected chi connectivity index (χ2v) is 7.92. The van der Waals surface area contributed by atoms with Gasteiger partial charge in [0.05, 0.1) is 6.61 Å². The second kappa shape index (κ2) is 9.49. The quantitative estimate of drug-likeness (QED) is 0.463. The molecule has 0 bridgehead atoms. The average molecular weight is 405 g/mol. The highest BCUT2D eigenvalue weighted by molar-refractivity contribution is 5.76. The van der Waals surface area contributed by atoms with Gasteiger partial charge in [0, 0.05) is 0 Å². The van der Waals surface area contributed by atoms with Crippen molar-refractivity contribution in [1.82, 2.24) is 0 Å². The Morgan fingerprint density at radius 3 is 2.03 bits per heavy atom. The maximum Gasteiger partial charge on any atom is 0.347 e. The van der Waals surface area contributed by atoms with E-state index in [1.807, 2.05) is 6.07 Å². The Hall–Kier alpha value is -3.27. The van der Waals surface area contributed by atoms with Crippen LogP contribution in [0.4, 0.5) is 0 Å². The first-order valence-corrected chi connectivity index (χ1v) is 10.2. The summed E-state index contributed by atoms with van der Waals surface area (Å²) in [6, 6.07) is 26.1. The molecule has 1 N–H and O–H groups in total. The molecule has 0 aliphatic heterocycles. The highest BCUT2D eigenvalue weighted by atomic mass is 16.5. The van der Waals surface area contributed by atoms with Crippen LogP contribution >= 0.6 is 0 Å². The summed E-state index contributed by atoms with van der Waals surface area (Å²) >= 11 is 0. The minimum absolute atomic E-state index is 0.383. The summed E-state index contributed by atoms with van der Waals surface area (Å²) in [5.41, 5.74) is 2.46. The van der Waals surface area contributed by atoms with Gasteiger partial charge in [0.25, 0.3) is 0 Å². The summed E-state index contributed by atoms with van der Waals surface area (Å²) in [5.74, 6) is 0.617. The van der Waals surface area contributed by atoms with Gasteiger partial charge in [-0.25, -0.2) is 4.79 Å². The number of aliphatic carboxylic acids is 1. The number of carboxylic acids is 1. The van der Waals surface area contributed by atoms with Crippen molar-refractivity contribution in [2.45, 2.75) is 38.7 Å². The van der Waals surface area contributed by atoms with Crippen molar-refractivity contribution < 1.29 is 19.4 Å². The molecule has 4 nitrogen and oxygen atoms in total. The molecule has 30 heavy (non-hydrogen) atoms. The molecular formula is C26H28O4. The van der Waals surface area contributed by atoms with E-state index in [9.17, 15) is 4.79 Å². The molecule has 0 fully saturated rings. The summed E-state index contributed by atoms with van der Waals surface area (Å²) in [6.45, 7) is 5.84. The highest BCUT2D eigenvalue weighted by Gasteiger charge is 2.29. The lowest BCUT2D eigenvalue weighted by Gasteiger charge is -2.21. The third-order valence-corrected chi connectivity index (χ3v) is 5.12. The third-order valence-electron chi connectivity index (χ3n) is 5.12. The zero-order chi connectivity index (χ0) is 21.6. The van der Waals surface area contributed by atoms with Gasteiger partial charge >= 0.3 is 5.97 Å². The topological polar surface area (TPSA) is 55.8 Å². The molecule has 0 spiro atoms. The van der Waals surface area contributed by atoms with Crippen molar-refractivity contribution in [2.75, 3.05) is 6.61 Å². The van der Waals surface area contributed by atoms with Crippen LogP contribution in [0.15, 0.2) is 78.9 Å². The minimum atomic E-state index is -1.27. The van der Waals surface area contributed by atoms with Crippen LogP contribution in [-0.2, 0) is 4.79 Å². The average Bonchev–Trinajstić information content (AvgIpc) is 2.75. The van der Waals surface area contributed by atoms with Gasteiger partial charge < -0.3 is 14.6 Å². The van der Waals surface area contributed by atoms with Gasteiger partial charge in [0.2, 0.25) is 0 Å². The molecule has 1 atom stereocenters. The number of benzene rings is 3. The van der Waals surface area contributed by atoms with Gasteiger partial charge in [-0.1, -0.05) is 61.5 Å². The predicted molar refractivity (Wildman–Crippen MR) is 119 cm³/mol. The van der Waals surface area contributed by atoms with Crippen LogP contribution in [0.1, 0.15) is 38.7 Å². The van der Waals surface area contributed by atoms with E-state index in [0.29, 0.717) is 18.3 Å². The number of hydrogen-bond acceptors (Lipinski definition) is 3. The van der Waals surface area contributed by atoms with E-state index >= 15 is 0 Å². The van der Waals surface area contributed by atoms with Gasteiger partial charge in [-0.15, -0.1) is 0 Å². The Morgan fingerprint density at radius 1 is 0.867 bits per heavy atom. The Balaban J connectivity index is 1.49. The van der Waals surface area contributed by atoms with Gasteiger partial charge in [-0.2, -0.15) is 0 Å². The van der Waals surface area contributed by atoms with Crippen LogP contribution in [0.3, 0.4) is 0 Å². The molecule has 0 aliphatic carbocycles. The number of rotatable bonds is 9. The summed E-state index contributed by atoms with van der Waals surface area (Å²) < 4.78 is 11.4. The van der Waals surface area contributed by atoms with Crippen LogP contribution < -0.4 is 9.47 Å². The van der Waals surface area contributed by atoms with Crippen molar-refractivity contribution in [3.05, 3.63) is 84.4 Å². The molecule has 1 unspecified atom stereocenters. The maximum absolute atomic E-state index is 11.2. The number of carboxylic acid groups (broad SMARTS) is 1. The molecule has 0 aliphatic rings. The Kier molecular flexibility index (Phi) is 6.78. The van der Waals surface area contributed by atoms with Crippen LogP contribution in [0.2, 0.25) is 0 Å². The molecular weight excluding hydrogens is 376 g/mol. The number of hydrogen-bond donors (Lipinski definition) is 1. The second-order valence-electron chi connectivity index (χ2n) is 7.92. The Morgan fingerprint density at radius 2 is 1.43 bits per heavy atom. The summed E-state index contributed by atoms with van der Waals surface area (Å²) in [7, 11) is 0. The molecule has 3 aromatic rings. The van der Waals surface area contributed by atoms with Gasteiger partial charge in [0.15, 0.2) is 5.60 Å². The first kappa shape index (κ1) is 21.4. The van der Waals surface area contributed by atoms with Crippen molar-refractivity contribution >= 4 is 5.97 Å². The van der Waals surface area contributed by atoms with E-state index in [-0.39, 0.29) is 0 Å². The Labute approximate surface area is 178 Å². The number of ether oxygens (including phenoxy) is 2. The summed E-state index contributed by atoms with van der Waals surface area (Å²) in [4.78, 5) is 11.2. The van der Waals surface area contributed by atoms with Crippen molar-refractivity contribution in [3.8, 4) is 22.6 Å². The van der Waals surface area contributed by atoms with Crippen LogP contribution in [0.5, 0.6) is 11.5 Å². The first-order valence-electron chi connectivity index (χ1n) is 10.2. The standard InChI is InChI=1S/C26H28O4/c1-19(20-9-11-22(12-10-20)21-7-5-4-6-8-21)17-18-29-23-13-15-24(16-14-23)30-26(2,3)25(27)28/h4-16,19H,17-18H2,1-3H3,(H,27,28). The highest BCUT2D eigenvalue weighted by Crippen LogP contribution is 2.26. The molecule has 3 aromatic carbocycles. The SMILES string of the molecule is CC(CCOc1ccc(OC(C)(C)C(=O)O)cc1)c1ccc(-c2ccccc2)cc1. The summed E-state index contributed by atoms with van der Waals surface area (Å²) in [6.07, 6.45) is 0.898. The van der Waals surface area contributed by atoms with Crippen molar-refractivity contribution in [1.29, 1.82) is 0 Å². The monoisotopic (exact) mass is 404 g/mol. The van der Waals surface area contributed by atoms with E-state index in [4.69, 9.17) is 14.6 Å². The van der Waals surface area contributed by atoms with Gasteiger partial charge in [-0.05, 0) is 67.1 Å². The lowest BCUT2D eigenvalue weighted by atomic mass is 9.95. The zero-order valence-electron chi connectivity index (χ0n) is 17.7. The molecule has 4 heteroatoms. The smallest absolute Gasteiger partial charge is 0.347 e. The molecule has 0 amide bonds. The van der Waals surface area contributed by atoms with Crippen LogP contribution in [0.25, 0.3) is 11.1 Å². The third kappa shape index (κ3) is 5.63. The molecule has 156 valence electrons. The lowest BCUT2D eigenvalue weighted by Crippen LogP contribution is -2.37. The first-order chi connectivity index (χ1) is 14.3. The van der Waals surface area contributed by atoms with E-state index in [1.54, 1.807) is 24.3 Å². The fourth-order valence-corrected chi connectivity index (χ4v) is 3.10. The van der Waals surface area contributed by atoms with E-state index < -0.39 is 11.6 Å². The largest absolute Gasteiger partial charge is 0.494 e. The van der Waals surface area contributed by atoms with Crippen molar-refractivity contribution in [3.63, 3.8) is 0 Å². The van der Waals surface area contributed by atoms with Crippen molar-refractivity contribution in [2.24, 2.45) is 0 Å². The van der Waals surface area contributed by atoms with Crippen LogP contribution in [0, 0.1) is 0 Å². The molecule has 0 heterocycles. The number of carbonyl (C=O) groups is 1. The fourth-order valence-electron chi connectivity index (χ4n) is 3.10. The molecule has 0 aromatic heterocycles. The van der Waals surface area contributed by atoms with Gasteiger partial charge in [0.1, 0.15) is 11.5 Å². The minimum Gasteiger partial charge on any atom is -0.494 e. The van der Waals surface area contributed by atoms with Gasteiger partial charge in [-0.3, -0.25) is 0 Å². The molecule has 0 saturated heterocycles. The molecule has 3 rings (SSSR count). The van der Waals surface area contributed by atoms with E-state index in [1.165, 1.54) is 30.5 Å². The maximum atomic E-state index is 11.2. The zero-order valence-corrected chi connectivity index (χ0v) is 17.7. The van der Waals surface area contributed by atoms with E-state index in [0.717, 1.165) is 12.2 Å². The summed E-state index contributed by atoms with van der Waals surface area (Å²) in [5, 5.41) is 9.14. The van der Waals surface area contributed by atoms with E-state index in [2.05, 4.69) is 55.5 Å². The normalized spacial score (nSPS) is 12.2. The fraction of sp³-hybridized carbons (Fsp3) is 0.269. The lowest BCUT2D eigenvalue weighted by molar-refractivity contribution is -0.152. The molecule has 0 radical (unpaired) electrons.